The van der Waals surface area contributed by atoms with Crippen LogP contribution in [0.1, 0.15) is 10.4 Å². The van der Waals surface area contributed by atoms with E-state index in [1.165, 1.54) is 0 Å². The van der Waals surface area contributed by atoms with Crippen LogP contribution in [-0.2, 0) is 6.54 Å². The van der Waals surface area contributed by atoms with E-state index < -0.39 is 17.4 Å². The predicted octanol–water partition coefficient (Wildman–Crippen LogP) is 4.26. The van der Waals surface area contributed by atoms with Crippen molar-refractivity contribution in [1.29, 1.82) is 0 Å². The lowest BCUT2D eigenvalue weighted by molar-refractivity contribution is 0.0970. The highest BCUT2D eigenvalue weighted by Crippen LogP contribution is 2.24. The molecular weight excluding hydrogens is 336 g/mol. The lowest BCUT2D eigenvalue weighted by Gasteiger charge is -2.09. The number of Topliss-reactive ketones (excluding diaryl/α,β-unsaturated/α-hetero) is 1. The monoisotopic (exact) mass is 349 g/mol. The van der Waals surface area contributed by atoms with E-state index >= 15 is 0 Å². The molecule has 0 fully saturated rings. The number of ketones is 1. The Bertz CT molecular complexity index is 1110. The van der Waals surface area contributed by atoms with Crippen molar-refractivity contribution in [2.45, 2.75) is 6.54 Å². The first-order chi connectivity index (χ1) is 12.6. The van der Waals surface area contributed by atoms with Gasteiger partial charge in [-0.1, -0.05) is 18.2 Å². The van der Waals surface area contributed by atoms with E-state index in [1.807, 2.05) is 30.3 Å². The number of benzene rings is 2. The Balaban J connectivity index is 1.81. The third kappa shape index (κ3) is 2.86. The second-order valence-corrected chi connectivity index (χ2v) is 5.77. The van der Waals surface area contributed by atoms with E-state index in [2.05, 4.69) is 9.97 Å². The van der Waals surface area contributed by atoms with Crippen molar-refractivity contribution in [3.8, 4) is 11.5 Å². The van der Waals surface area contributed by atoms with Gasteiger partial charge in [-0.15, -0.1) is 0 Å². The Morgan fingerprint density at radius 2 is 1.81 bits per heavy atom. The van der Waals surface area contributed by atoms with Crippen LogP contribution in [0.2, 0.25) is 0 Å². The Kier molecular flexibility index (Phi) is 4.01. The summed E-state index contributed by atoms with van der Waals surface area (Å²) in [7, 11) is 0. The van der Waals surface area contributed by atoms with Gasteiger partial charge in [-0.2, -0.15) is 0 Å². The minimum atomic E-state index is -0.876. The molecular formula is C20H13F2N3O. The fraction of sp³-hybridized carbons (Fsp3) is 0.0500. The van der Waals surface area contributed by atoms with Crippen LogP contribution in [0, 0.1) is 11.6 Å². The van der Waals surface area contributed by atoms with Crippen LogP contribution in [-0.4, -0.2) is 20.3 Å². The van der Waals surface area contributed by atoms with Crippen molar-refractivity contribution < 1.29 is 13.6 Å². The molecule has 0 spiro atoms. The molecule has 0 radical (unpaired) electrons. The number of carbonyl (C=O) groups is 1. The zero-order valence-electron chi connectivity index (χ0n) is 13.6. The normalized spacial score (nSPS) is 11.0. The average Bonchev–Trinajstić information content (AvgIpc) is 3.01. The smallest absolute Gasteiger partial charge is 0.185 e. The standard InChI is InChI=1S/C20H13F2N3O/c21-13-8-9-14(15(22)11-13)19(26)12-25-18-7-2-1-5-16(18)24-20(25)17-6-3-4-10-23-17/h1-11H,12H2. The van der Waals surface area contributed by atoms with Crippen molar-refractivity contribution in [3.05, 3.63) is 84.1 Å². The van der Waals surface area contributed by atoms with Gasteiger partial charge in [0.1, 0.15) is 17.3 Å². The van der Waals surface area contributed by atoms with Crippen molar-refractivity contribution in [2.75, 3.05) is 0 Å². The summed E-state index contributed by atoms with van der Waals surface area (Å²) in [5, 5.41) is 0. The van der Waals surface area contributed by atoms with Crippen molar-refractivity contribution in [2.24, 2.45) is 0 Å². The summed E-state index contributed by atoms with van der Waals surface area (Å²) in [5.74, 6) is -1.55. The van der Waals surface area contributed by atoms with Crippen LogP contribution in [0.25, 0.3) is 22.6 Å². The molecule has 2 aromatic carbocycles. The molecule has 0 aliphatic rings. The van der Waals surface area contributed by atoms with E-state index in [9.17, 15) is 13.6 Å². The summed E-state index contributed by atoms with van der Waals surface area (Å²) < 4.78 is 28.8. The zero-order chi connectivity index (χ0) is 18.1. The number of nitrogens with zero attached hydrogens (tertiary/aromatic N) is 3. The van der Waals surface area contributed by atoms with Gasteiger partial charge in [0.15, 0.2) is 11.6 Å². The molecule has 0 saturated carbocycles. The van der Waals surface area contributed by atoms with Crippen LogP contribution in [0.4, 0.5) is 8.78 Å². The lowest BCUT2D eigenvalue weighted by Crippen LogP contribution is -2.13. The van der Waals surface area contributed by atoms with Gasteiger partial charge in [0.05, 0.1) is 23.1 Å². The molecule has 4 rings (SSSR count). The van der Waals surface area contributed by atoms with Crippen molar-refractivity contribution in [3.63, 3.8) is 0 Å². The van der Waals surface area contributed by atoms with Gasteiger partial charge < -0.3 is 4.57 Å². The minimum absolute atomic E-state index is 0.130. The van der Waals surface area contributed by atoms with E-state index in [0.29, 0.717) is 23.1 Å². The molecule has 6 heteroatoms. The van der Waals surface area contributed by atoms with Gasteiger partial charge in [0.2, 0.25) is 0 Å². The molecule has 0 saturated heterocycles. The molecule has 128 valence electrons. The van der Waals surface area contributed by atoms with Crippen LogP contribution < -0.4 is 0 Å². The summed E-state index contributed by atoms with van der Waals surface area (Å²) in [5.41, 5.74) is 1.90. The van der Waals surface area contributed by atoms with E-state index in [0.717, 1.165) is 17.6 Å². The Morgan fingerprint density at radius 1 is 1.00 bits per heavy atom. The highest BCUT2D eigenvalue weighted by atomic mass is 19.1. The molecule has 4 nitrogen and oxygen atoms in total. The molecule has 0 aliphatic carbocycles. The minimum Gasteiger partial charge on any atom is -0.315 e. The molecule has 2 heterocycles. The van der Waals surface area contributed by atoms with E-state index in [4.69, 9.17) is 0 Å². The third-order valence-electron chi connectivity index (χ3n) is 4.08. The molecule has 4 aromatic rings. The largest absolute Gasteiger partial charge is 0.315 e. The summed E-state index contributed by atoms with van der Waals surface area (Å²) >= 11 is 0. The second kappa shape index (κ2) is 6.48. The number of halogens is 2. The molecule has 0 amide bonds. The molecule has 0 bridgehead atoms. The molecule has 0 atom stereocenters. The van der Waals surface area contributed by atoms with Gasteiger partial charge in [-0.05, 0) is 36.4 Å². The molecule has 0 N–H and O–H groups in total. The third-order valence-corrected chi connectivity index (χ3v) is 4.08. The van der Waals surface area contributed by atoms with Crippen LogP contribution >= 0.6 is 0 Å². The number of rotatable bonds is 4. The van der Waals surface area contributed by atoms with Gasteiger partial charge >= 0.3 is 0 Å². The number of aromatic nitrogens is 3. The Hall–Kier alpha value is -3.41. The summed E-state index contributed by atoms with van der Waals surface area (Å²) in [6.07, 6.45) is 1.64. The molecule has 0 unspecified atom stereocenters. The SMILES string of the molecule is O=C(Cn1c(-c2ccccn2)nc2ccccc21)c1ccc(F)cc1F. The number of para-hydroxylation sites is 2. The molecule has 2 aromatic heterocycles. The summed E-state index contributed by atoms with van der Waals surface area (Å²) in [6.45, 7) is -0.130. The van der Waals surface area contributed by atoms with Gasteiger partial charge in [0.25, 0.3) is 0 Å². The van der Waals surface area contributed by atoms with Crippen molar-refractivity contribution in [1.82, 2.24) is 14.5 Å². The lowest BCUT2D eigenvalue weighted by atomic mass is 10.1. The Labute approximate surface area is 147 Å². The topological polar surface area (TPSA) is 47.8 Å². The fourth-order valence-corrected chi connectivity index (χ4v) is 2.87. The highest BCUT2D eigenvalue weighted by molar-refractivity contribution is 5.97. The van der Waals surface area contributed by atoms with Gasteiger partial charge in [0, 0.05) is 12.3 Å². The predicted molar refractivity (Wildman–Crippen MR) is 93.7 cm³/mol. The Morgan fingerprint density at radius 3 is 2.58 bits per heavy atom. The number of fused-ring (bicyclic) bond motifs is 1. The summed E-state index contributed by atoms with van der Waals surface area (Å²) in [4.78, 5) is 21.5. The van der Waals surface area contributed by atoms with E-state index in [-0.39, 0.29) is 12.1 Å². The molecule has 0 aliphatic heterocycles. The van der Waals surface area contributed by atoms with E-state index in [1.54, 1.807) is 22.9 Å². The highest BCUT2D eigenvalue weighted by Gasteiger charge is 2.19. The maximum atomic E-state index is 14.0. The number of carbonyl (C=O) groups excluding carboxylic acids is 1. The number of hydrogen-bond donors (Lipinski definition) is 0. The first-order valence-electron chi connectivity index (χ1n) is 7.98. The number of imidazole rings is 1. The summed E-state index contributed by atoms with van der Waals surface area (Å²) in [6, 6.07) is 15.7. The van der Waals surface area contributed by atoms with Crippen LogP contribution in [0.5, 0.6) is 0 Å². The van der Waals surface area contributed by atoms with Crippen molar-refractivity contribution >= 4 is 16.8 Å². The van der Waals surface area contributed by atoms with Gasteiger partial charge in [-0.25, -0.2) is 13.8 Å². The number of hydrogen-bond acceptors (Lipinski definition) is 3. The second-order valence-electron chi connectivity index (χ2n) is 5.77. The fourth-order valence-electron chi connectivity index (χ4n) is 2.87. The quantitative estimate of drug-likeness (QED) is 0.517. The maximum Gasteiger partial charge on any atom is 0.185 e. The zero-order valence-corrected chi connectivity index (χ0v) is 13.6. The average molecular weight is 349 g/mol. The first kappa shape index (κ1) is 16.1. The number of pyridine rings is 1. The molecule has 26 heavy (non-hydrogen) atoms. The first-order valence-corrected chi connectivity index (χ1v) is 7.98. The van der Waals surface area contributed by atoms with Crippen LogP contribution in [0.3, 0.4) is 0 Å². The van der Waals surface area contributed by atoms with Crippen LogP contribution in [0.15, 0.2) is 66.9 Å². The maximum absolute atomic E-state index is 14.0. The van der Waals surface area contributed by atoms with Gasteiger partial charge in [-0.3, -0.25) is 9.78 Å².